The fourth-order valence-corrected chi connectivity index (χ4v) is 4.43. The molecule has 0 N–H and O–H groups in total. The van der Waals surface area contributed by atoms with E-state index in [1.54, 1.807) is 0 Å². The summed E-state index contributed by atoms with van der Waals surface area (Å²) in [6.07, 6.45) is 0. The van der Waals surface area contributed by atoms with Crippen LogP contribution in [0.4, 0.5) is 0 Å². The molecule has 0 saturated heterocycles. The first-order valence-electron chi connectivity index (χ1n) is 9.07. The van der Waals surface area contributed by atoms with Crippen LogP contribution in [0, 0.1) is 0 Å². The van der Waals surface area contributed by atoms with Gasteiger partial charge in [-0.15, -0.1) is 0 Å². The number of halogens is 1. The molecule has 0 bridgehead atoms. The van der Waals surface area contributed by atoms with E-state index in [0.29, 0.717) is 0 Å². The van der Waals surface area contributed by atoms with Gasteiger partial charge in [-0.05, 0) is 49.9 Å². The molecule has 0 radical (unpaired) electrons. The lowest BCUT2D eigenvalue weighted by molar-refractivity contribution is 1.59. The van der Waals surface area contributed by atoms with E-state index < -0.39 is 0 Å². The van der Waals surface area contributed by atoms with E-state index in [9.17, 15) is 0 Å². The molecule has 0 fully saturated rings. The van der Waals surface area contributed by atoms with Crippen LogP contribution in [-0.2, 0) is 0 Å². The number of hydrogen-bond acceptors (Lipinski definition) is 0. The number of benzene rings is 5. The Labute approximate surface area is 167 Å². The summed E-state index contributed by atoms with van der Waals surface area (Å²) in [6.45, 7) is 0. The largest absolute Gasteiger partial charge is 0.0616 e. The van der Waals surface area contributed by atoms with Crippen molar-refractivity contribution in [2.45, 2.75) is 0 Å². The molecule has 0 aliphatic rings. The quantitative estimate of drug-likeness (QED) is 0.276. The average Bonchev–Trinajstić information content (AvgIpc) is 2.73. The summed E-state index contributed by atoms with van der Waals surface area (Å²) in [5.41, 5.74) is 4.96. The topological polar surface area (TPSA) is 0 Å². The van der Waals surface area contributed by atoms with E-state index in [4.69, 9.17) is 0 Å². The molecule has 5 aromatic carbocycles. The van der Waals surface area contributed by atoms with Gasteiger partial charge in [0.1, 0.15) is 0 Å². The molecule has 5 aromatic rings. The first kappa shape index (κ1) is 16.3. The van der Waals surface area contributed by atoms with Gasteiger partial charge in [0.25, 0.3) is 0 Å². The summed E-state index contributed by atoms with van der Waals surface area (Å²) in [6, 6.07) is 36.8. The van der Waals surface area contributed by atoms with Gasteiger partial charge in [-0.1, -0.05) is 113 Å². The third-order valence-electron chi connectivity index (χ3n) is 5.15. The van der Waals surface area contributed by atoms with E-state index in [1.165, 1.54) is 43.8 Å². The van der Waals surface area contributed by atoms with Crippen LogP contribution in [-0.4, -0.2) is 0 Å². The lowest BCUT2D eigenvalue weighted by Gasteiger charge is -2.12. The highest BCUT2D eigenvalue weighted by Gasteiger charge is 2.10. The van der Waals surface area contributed by atoms with Crippen molar-refractivity contribution in [3.8, 4) is 22.3 Å². The Morgan fingerprint density at radius 2 is 1.00 bits per heavy atom. The molecule has 0 saturated carbocycles. The van der Waals surface area contributed by atoms with Gasteiger partial charge < -0.3 is 0 Å². The number of rotatable bonds is 2. The molecule has 0 aliphatic carbocycles. The minimum atomic E-state index is 1.12. The summed E-state index contributed by atoms with van der Waals surface area (Å²) in [4.78, 5) is 0. The van der Waals surface area contributed by atoms with Crippen molar-refractivity contribution >= 4 is 37.5 Å². The van der Waals surface area contributed by atoms with Gasteiger partial charge in [0.2, 0.25) is 0 Å². The predicted octanol–water partition coefficient (Wildman–Crippen LogP) is 8.09. The fraction of sp³-hybridized carbons (Fsp3) is 0. The maximum atomic E-state index is 3.83. The van der Waals surface area contributed by atoms with Gasteiger partial charge >= 0.3 is 0 Å². The second kappa shape index (κ2) is 6.68. The summed E-state index contributed by atoms with van der Waals surface area (Å²) >= 11 is 3.83. The average molecular weight is 409 g/mol. The molecule has 5 rings (SSSR count). The fourth-order valence-electron chi connectivity index (χ4n) is 3.84. The number of fused-ring (bicyclic) bond motifs is 2. The molecule has 0 atom stereocenters. The molecule has 0 aromatic heterocycles. The van der Waals surface area contributed by atoms with Gasteiger partial charge in [0, 0.05) is 4.47 Å². The van der Waals surface area contributed by atoms with E-state index in [1.807, 2.05) is 0 Å². The smallest absolute Gasteiger partial charge is 0.0260 e. The highest BCUT2D eigenvalue weighted by atomic mass is 79.9. The van der Waals surface area contributed by atoms with Crippen molar-refractivity contribution in [3.05, 3.63) is 108 Å². The molecule has 128 valence electrons. The van der Waals surface area contributed by atoms with E-state index in [0.717, 1.165) is 4.47 Å². The predicted molar refractivity (Wildman–Crippen MR) is 120 cm³/mol. The maximum Gasteiger partial charge on any atom is 0.0260 e. The van der Waals surface area contributed by atoms with Crippen LogP contribution < -0.4 is 0 Å². The third kappa shape index (κ3) is 2.85. The molecule has 0 unspecified atom stereocenters. The maximum absolute atomic E-state index is 3.83. The van der Waals surface area contributed by atoms with Crippen molar-refractivity contribution in [3.63, 3.8) is 0 Å². The molecule has 1 heteroatoms. The minimum Gasteiger partial charge on any atom is -0.0616 e. The SMILES string of the molecule is Brc1cc(-c2cccc3ccccc23)ccc1-c1cccc2ccccc12. The van der Waals surface area contributed by atoms with Crippen LogP contribution in [0.5, 0.6) is 0 Å². The highest BCUT2D eigenvalue weighted by molar-refractivity contribution is 9.10. The monoisotopic (exact) mass is 408 g/mol. The molecule has 0 heterocycles. The van der Waals surface area contributed by atoms with E-state index >= 15 is 0 Å². The van der Waals surface area contributed by atoms with Crippen LogP contribution in [0.15, 0.2) is 108 Å². The van der Waals surface area contributed by atoms with Crippen LogP contribution in [0.3, 0.4) is 0 Å². The zero-order valence-electron chi connectivity index (χ0n) is 14.7. The van der Waals surface area contributed by atoms with Crippen LogP contribution in [0.1, 0.15) is 0 Å². The first-order chi connectivity index (χ1) is 13.3. The Bertz CT molecular complexity index is 1270. The Balaban J connectivity index is 1.68. The molecule has 27 heavy (non-hydrogen) atoms. The molecular weight excluding hydrogens is 392 g/mol. The van der Waals surface area contributed by atoms with Crippen molar-refractivity contribution in [2.24, 2.45) is 0 Å². The summed E-state index contributed by atoms with van der Waals surface area (Å²) in [5, 5.41) is 5.09. The Kier molecular flexibility index (Phi) is 4.03. The zero-order chi connectivity index (χ0) is 18.2. The molecule has 0 aliphatic heterocycles. The van der Waals surface area contributed by atoms with Crippen molar-refractivity contribution in [1.29, 1.82) is 0 Å². The van der Waals surface area contributed by atoms with Gasteiger partial charge in [0.05, 0.1) is 0 Å². The van der Waals surface area contributed by atoms with Crippen molar-refractivity contribution < 1.29 is 0 Å². The normalized spacial score (nSPS) is 11.1. The van der Waals surface area contributed by atoms with E-state index in [2.05, 4.69) is 119 Å². The summed E-state index contributed by atoms with van der Waals surface area (Å²) < 4.78 is 1.12. The van der Waals surface area contributed by atoms with Crippen molar-refractivity contribution in [1.82, 2.24) is 0 Å². The third-order valence-corrected chi connectivity index (χ3v) is 5.81. The standard InChI is InChI=1S/C26H17Br/c27-26-17-20(23-13-5-9-18-7-1-3-11-21(18)23)15-16-25(26)24-14-6-10-19-8-2-4-12-22(19)24/h1-17H. The van der Waals surface area contributed by atoms with Gasteiger partial charge in [0.15, 0.2) is 0 Å². The van der Waals surface area contributed by atoms with Crippen molar-refractivity contribution in [2.75, 3.05) is 0 Å². The van der Waals surface area contributed by atoms with E-state index in [-0.39, 0.29) is 0 Å². The lowest BCUT2D eigenvalue weighted by Crippen LogP contribution is -1.86. The van der Waals surface area contributed by atoms with Gasteiger partial charge in [-0.3, -0.25) is 0 Å². The van der Waals surface area contributed by atoms with Crippen LogP contribution in [0.25, 0.3) is 43.8 Å². The summed E-state index contributed by atoms with van der Waals surface area (Å²) in [5.74, 6) is 0. The Morgan fingerprint density at radius 1 is 0.444 bits per heavy atom. The zero-order valence-corrected chi connectivity index (χ0v) is 16.3. The van der Waals surface area contributed by atoms with Crippen LogP contribution >= 0.6 is 15.9 Å². The first-order valence-corrected chi connectivity index (χ1v) is 9.86. The minimum absolute atomic E-state index is 1.12. The second-order valence-electron chi connectivity index (χ2n) is 6.75. The number of hydrogen-bond donors (Lipinski definition) is 0. The Morgan fingerprint density at radius 3 is 1.67 bits per heavy atom. The lowest BCUT2D eigenvalue weighted by atomic mass is 9.94. The molecule has 0 nitrogen and oxygen atoms in total. The molecule has 0 spiro atoms. The molecular formula is C26H17Br. The summed E-state index contributed by atoms with van der Waals surface area (Å²) in [7, 11) is 0. The highest BCUT2D eigenvalue weighted by Crippen LogP contribution is 2.37. The van der Waals surface area contributed by atoms with Gasteiger partial charge in [-0.25, -0.2) is 0 Å². The van der Waals surface area contributed by atoms with Crippen LogP contribution in [0.2, 0.25) is 0 Å². The molecule has 0 amide bonds. The Hall–Kier alpha value is -2.90. The second-order valence-corrected chi connectivity index (χ2v) is 7.60. The van der Waals surface area contributed by atoms with Gasteiger partial charge in [-0.2, -0.15) is 0 Å².